The molecule has 26 heavy (non-hydrogen) atoms. The zero-order valence-electron chi connectivity index (χ0n) is 14.7. The first-order valence-corrected chi connectivity index (χ1v) is 9.51. The smallest absolute Gasteiger partial charge is 0.147 e. The monoisotopic (exact) mass is 390 g/mol. The summed E-state index contributed by atoms with van der Waals surface area (Å²) in [5.41, 5.74) is 3.20. The average molecular weight is 391 g/mol. The summed E-state index contributed by atoms with van der Waals surface area (Å²) >= 11 is 1.68. The molecule has 2 N–H and O–H groups in total. The van der Waals surface area contributed by atoms with Gasteiger partial charge in [0.15, 0.2) is 0 Å². The highest BCUT2D eigenvalue weighted by Crippen LogP contribution is 2.35. The number of pyridine rings is 1. The van der Waals surface area contributed by atoms with Crippen molar-refractivity contribution < 1.29 is 0 Å². The van der Waals surface area contributed by atoms with Gasteiger partial charge < -0.3 is 10.6 Å². The van der Waals surface area contributed by atoms with E-state index in [1.54, 1.807) is 23.9 Å². The average Bonchev–Trinajstić information content (AvgIpc) is 3.08. The number of fused-ring (bicyclic) bond motifs is 1. The number of thiophene rings is 1. The Kier molecular flexibility index (Phi) is 6.37. The molecular weight excluding hydrogens is 368 g/mol. The number of hydrogen-bond acceptors (Lipinski definition) is 7. The maximum Gasteiger partial charge on any atom is 0.147 e. The molecule has 3 aromatic rings. The lowest BCUT2D eigenvalue weighted by molar-refractivity contribution is 0.235. The number of nitrogens with one attached hydrogen (secondary N) is 2. The molecule has 6 nitrogen and oxygen atoms in total. The summed E-state index contributed by atoms with van der Waals surface area (Å²) in [6.45, 7) is 7.60. The Labute approximate surface area is 163 Å². The molecular formula is C18H23ClN6S. The molecule has 1 atom stereocenters. The van der Waals surface area contributed by atoms with Crippen LogP contribution in [0.1, 0.15) is 6.92 Å². The lowest BCUT2D eigenvalue weighted by Crippen LogP contribution is -2.47. The van der Waals surface area contributed by atoms with Crippen LogP contribution in [0.25, 0.3) is 21.3 Å². The van der Waals surface area contributed by atoms with E-state index < -0.39 is 0 Å². The molecule has 1 fully saturated rings. The first-order chi connectivity index (χ1) is 12.3. The number of aromatic nitrogens is 3. The quantitative estimate of drug-likeness (QED) is 0.698. The molecule has 0 aromatic carbocycles. The maximum absolute atomic E-state index is 4.51. The van der Waals surface area contributed by atoms with Crippen molar-refractivity contribution in [2.24, 2.45) is 0 Å². The van der Waals surface area contributed by atoms with Gasteiger partial charge in [0.05, 0.1) is 10.2 Å². The summed E-state index contributed by atoms with van der Waals surface area (Å²) < 4.78 is 1.11. The van der Waals surface area contributed by atoms with Gasteiger partial charge in [-0.1, -0.05) is 6.07 Å². The molecule has 8 heteroatoms. The standard InChI is InChI=1S/C18H22N6S.ClH/c1-13(10-24-7-5-19-6-8-24)23-18-17-16(21-12-22-18)15(11-25-17)14-3-2-4-20-9-14;/h2-4,9,11-13,19H,5-8,10H2,1H3,(H,21,22,23);1H/t13-;/m0./s1. The van der Waals surface area contributed by atoms with Crippen LogP contribution in [-0.2, 0) is 0 Å². The molecule has 0 amide bonds. The number of rotatable bonds is 5. The van der Waals surface area contributed by atoms with E-state index in [4.69, 9.17) is 0 Å². The topological polar surface area (TPSA) is 66.0 Å². The van der Waals surface area contributed by atoms with Crippen molar-refractivity contribution in [3.63, 3.8) is 0 Å². The van der Waals surface area contributed by atoms with Crippen molar-refractivity contribution >= 4 is 39.8 Å². The van der Waals surface area contributed by atoms with Crippen LogP contribution in [0.4, 0.5) is 5.82 Å². The summed E-state index contributed by atoms with van der Waals surface area (Å²) in [5.74, 6) is 0.924. The predicted molar refractivity (Wildman–Crippen MR) is 110 cm³/mol. The van der Waals surface area contributed by atoms with Gasteiger partial charge in [0.2, 0.25) is 0 Å². The largest absolute Gasteiger partial charge is 0.365 e. The molecule has 138 valence electrons. The summed E-state index contributed by atoms with van der Waals surface area (Å²) in [7, 11) is 0. The number of hydrogen-bond donors (Lipinski definition) is 2. The molecule has 0 saturated carbocycles. The fourth-order valence-corrected chi connectivity index (χ4v) is 4.22. The van der Waals surface area contributed by atoms with Crippen molar-refractivity contribution in [2.75, 3.05) is 38.0 Å². The highest BCUT2D eigenvalue weighted by molar-refractivity contribution is 7.18. The first-order valence-electron chi connectivity index (χ1n) is 8.63. The fourth-order valence-electron chi connectivity index (χ4n) is 3.24. The van der Waals surface area contributed by atoms with E-state index in [0.717, 1.165) is 59.9 Å². The van der Waals surface area contributed by atoms with Crippen LogP contribution < -0.4 is 10.6 Å². The zero-order valence-corrected chi connectivity index (χ0v) is 16.3. The maximum atomic E-state index is 4.51. The van der Waals surface area contributed by atoms with Crippen LogP contribution >= 0.6 is 23.7 Å². The van der Waals surface area contributed by atoms with Crippen LogP contribution in [0, 0.1) is 0 Å². The Bertz CT molecular complexity index is 834. The minimum atomic E-state index is 0. The van der Waals surface area contributed by atoms with Gasteiger partial charge in [0.25, 0.3) is 0 Å². The second-order valence-corrected chi connectivity index (χ2v) is 7.27. The van der Waals surface area contributed by atoms with Gasteiger partial charge in [-0.3, -0.25) is 9.88 Å². The summed E-state index contributed by atoms with van der Waals surface area (Å²) in [6.07, 6.45) is 5.32. The zero-order chi connectivity index (χ0) is 17.1. The van der Waals surface area contributed by atoms with Crippen LogP contribution in [0.15, 0.2) is 36.2 Å². The van der Waals surface area contributed by atoms with Crippen molar-refractivity contribution in [1.29, 1.82) is 0 Å². The molecule has 0 radical (unpaired) electrons. The highest BCUT2D eigenvalue weighted by atomic mass is 35.5. The van der Waals surface area contributed by atoms with Crippen LogP contribution in [-0.4, -0.2) is 58.6 Å². The van der Waals surface area contributed by atoms with E-state index >= 15 is 0 Å². The summed E-state index contributed by atoms with van der Waals surface area (Å²) in [4.78, 5) is 15.7. The molecule has 4 heterocycles. The highest BCUT2D eigenvalue weighted by Gasteiger charge is 2.16. The van der Waals surface area contributed by atoms with Crippen LogP contribution in [0.2, 0.25) is 0 Å². The molecule has 0 aliphatic carbocycles. The van der Waals surface area contributed by atoms with Gasteiger partial charge in [-0.25, -0.2) is 9.97 Å². The Morgan fingerprint density at radius 1 is 1.31 bits per heavy atom. The van der Waals surface area contributed by atoms with Gasteiger partial charge in [0.1, 0.15) is 12.1 Å². The normalized spacial score (nSPS) is 16.2. The van der Waals surface area contributed by atoms with E-state index in [0.29, 0.717) is 6.04 Å². The van der Waals surface area contributed by atoms with Crippen molar-refractivity contribution in [2.45, 2.75) is 13.0 Å². The second kappa shape index (κ2) is 8.73. The molecule has 3 aromatic heterocycles. The number of nitrogens with zero attached hydrogens (tertiary/aromatic N) is 4. The van der Waals surface area contributed by atoms with Gasteiger partial charge >= 0.3 is 0 Å². The van der Waals surface area contributed by atoms with E-state index in [-0.39, 0.29) is 12.4 Å². The van der Waals surface area contributed by atoms with Gasteiger partial charge in [0, 0.05) is 67.7 Å². The van der Waals surface area contributed by atoms with E-state index in [1.165, 1.54) is 0 Å². The SMILES string of the molecule is C[C@@H](CN1CCNCC1)Nc1ncnc2c(-c3cccnc3)csc12.Cl. The number of halogens is 1. The first kappa shape index (κ1) is 19.0. The Hall–Kier alpha value is -1.80. The third kappa shape index (κ3) is 4.12. The van der Waals surface area contributed by atoms with E-state index in [9.17, 15) is 0 Å². The predicted octanol–water partition coefficient (Wildman–Crippen LogP) is 2.88. The van der Waals surface area contributed by atoms with Crippen molar-refractivity contribution in [3.05, 3.63) is 36.2 Å². The van der Waals surface area contributed by atoms with Crippen LogP contribution in [0.5, 0.6) is 0 Å². The van der Waals surface area contributed by atoms with Gasteiger partial charge in [-0.15, -0.1) is 23.7 Å². The molecule has 1 saturated heterocycles. The molecule has 0 bridgehead atoms. The lowest BCUT2D eigenvalue weighted by atomic mass is 10.1. The third-order valence-electron chi connectivity index (χ3n) is 4.45. The van der Waals surface area contributed by atoms with E-state index in [1.807, 2.05) is 12.3 Å². The third-order valence-corrected chi connectivity index (χ3v) is 5.43. The summed E-state index contributed by atoms with van der Waals surface area (Å²) in [6, 6.07) is 4.35. The van der Waals surface area contributed by atoms with Gasteiger partial charge in [-0.2, -0.15) is 0 Å². The summed E-state index contributed by atoms with van der Waals surface area (Å²) in [5, 5.41) is 9.11. The number of piperazine rings is 1. The second-order valence-electron chi connectivity index (χ2n) is 6.39. The molecule has 0 spiro atoms. The minimum absolute atomic E-state index is 0. The lowest BCUT2D eigenvalue weighted by Gasteiger charge is -2.30. The number of anilines is 1. The van der Waals surface area contributed by atoms with Crippen LogP contribution in [0.3, 0.4) is 0 Å². The van der Waals surface area contributed by atoms with Gasteiger partial charge in [-0.05, 0) is 13.0 Å². The van der Waals surface area contributed by atoms with Crippen molar-refractivity contribution in [1.82, 2.24) is 25.2 Å². The fraction of sp³-hybridized carbons (Fsp3) is 0.389. The Morgan fingerprint density at radius 3 is 2.92 bits per heavy atom. The van der Waals surface area contributed by atoms with E-state index in [2.05, 4.69) is 48.9 Å². The Morgan fingerprint density at radius 2 is 2.15 bits per heavy atom. The van der Waals surface area contributed by atoms with Crippen molar-refractivity contribution in [3.8, 4) is 11.1 Å². The molecule has 1 aliphatic heterocycles. The molecule has 1 aliphatic rings. The molecule has 4 rings (SSSR count). The Balaban J connectivity index is 0.00000196. The molecule has 0 unspecified atom stereocenters. The minimum Gasteiger partial charge on any atom is -0.365 e.